The van der Waals surface area contributed by atoms with Crippen LogP contribution in [0.2, 0.25) is 10.0 Å². The second-order valence-corrected chi connectivity index (χ2v) is 9.11. The first-order valence-corrected chi connectivity index (χ1v) is 11.3. The molecule has 1 saturated heterocycles. The van der Waals surface area contributed by atoms with Crippen LogP contribution in [0.5, 0.6) is 0 Å². The van der Waals surface area contributed by atoms with Crippen LogP contribution in [-0.4, -0.2) is 63.2 Å². The van der Waals surface area contributed by atoms with Crippen LogP contribution in [0, 0.1) is 6.92 Å². The first-order chi connectivity index (χ1) is 15.7. The van der Waals surface area contributed by atoms with Crippen LogP contribution >= 0.6 is 23.2 Å². The summed E-state index contributed by atoms with van der Waals surface area (Å²) in [7, 11) is 3.89. The lowest BCUT2D eigenvalue weighted by molar-refractivity contribution is -0.139. The molecule has 1 N–H and O–H groups in total. The van der Waals surface area contributed by atoms with Gasteiger partial charge in [0.2, 0.25) is 0 Å². The van der Waals surface area contributed by atoms with Crippen molar-refractivity contribution in [1.29, 1.82) is 0 Å². The molecule has 0 aliphatic carbocycles. The van der Waals surface area contributed by atoms with E-state index >= 15 is 0 Å². The van der Waals surface area contributed by atoms with Crippen molar-refractivity contribution in [3.8, 4) is 0 Å². The number of aliphatic hydroxyl groups excluding tert-OH is 1. The molecule has 3 heterocycles. The topological polar surface area (TPSA) is 78.1 Å². The monoisotopic (exact) mass is 486 g/mol. The molecule has 2 aromatic heterocycles. The van der Waals surface area contributed by atoms with Gasteiger partial charge in [-0.05, 0) is 63.8 Å². The maximum absolute atomic E-state index is 13.2. The number of likely N-dealkylation sites (tertiary alicyclic amines) is 1. The van der Waals surface area contributed by atoms with Gasteiger partial charge in [-0.15, -0.1) is 0 Å². The number of pyridine rings is 1. The number of aromatic nitrogens is 2. The van der Waals surface area contributed by atoms with E-state index in [4.69, 9.17) is 23.2 Å². The van der Waals surface area contributed by atoms with E-state index in [9.17, 15) is 14.7 Å². The van der Waals surface area contributed by atoms with E-state index in [-0.39, 0.29) is 11.3 Å². The first kappa shape index (κ1) is 23.3. The SMILES string of the molecule is Cc1nc2ccccn2c1/C(O)=C1\C(=O)C(=O)N(CCCN(C)C)C1c1ccc(Cl)c(Cl)c1. The number of hydrogen-bond donors (Lipinski definition) is 1. The molecule has 1 atom stereocenters. The van der Waals surface area contributed by atoms with Gasteiger partial charge in [0.25, 0.3) is 11.7 Å². The van der Waals surface area contributed by atoms with Gasteiger partial charge in [0.05, 0.1) is 27.4 Å². The van der Waals surface area contributed by atoms with Gasteiger partial charge in [-0.1, -0.05) is 35.3 Å². The van der Waals surface area contributed by atoms with Crippen molar-refractivity contribution >= 4 is 46.3 Å². The summed E-state index contributed by atoms with van der Waals surface area (Å²) < 4.78 is 1.70. The van der Waals surface area contributed by atoms with E-state index in [0.717, 1.165) is 6.54 Å². The predicted molar refractivity (Wildman–Crippen MR) is 129 cm³/mol. The number of carbonyl (C=O) groups excluding carboxylic acids is 2. The Morgan fingerprint density at radius 2 is 1.91 bits per heavy atom. The highest BCUT2D eigenvalue weighted by Crippen LogP contribution is 2.41. The third-order valence-electron chi connectivity index (χ3n) is 5.73. The zero-order chi connectivity index (χ0) is 23.9. The molecule has 1 aliphatic heterocycles. The number of ketones is 1. The fourth-order valence-corrected chi connectivity index (χ4v) is 4.53. The molecule has 4 rings (SSSR count). The van der Waals surface area contributed by atoms with E-state index < -0.39 is 17.7 Å². The van der Waals surface area contributed by atoms with Crippen molar-refractivity contribution < 1.29 is 14.7 Å². The number of aryl methyl sites for hydroxylation is 1. The van der Waals surface area contributed by atoms with Crippen LogP contribution in [0.4, 0.5) is 0 Å². The highest BCUT2D eigenvalue weighted by atomic mass is 35.5. The van der Waals surface area contributed by atoms with E-state index in [1.807, 2.05) is 25.1 Å². The lowest BCUT2D eigenvalue weighted by Crippen LogP contribution is -2.32. The summed E-state index contributed by atoms with van der Waals surface area (Å²) in [5.41, 5.74) is 2.16. The smallest absolute Gasteiger partial charge is 0.295 e. The van der Waals surface area contributed by atoms with Crippen molar-refractivity contribution in [1.82, 2.24) is 19.2 Å². The maximum Gasteiger partial charge on any atom is 0.295 e. The number of hydrogen-bond acceptors (Lipinski definition) is 5. The van der Waals surface area contributed by atoms with Gasteiger partial charge in [-0.25, -0.2) is 4.98 Å². The van der Waals surface area contributed by atoms with E-state index in [1.54, 1.807) is 47.9 Å². The van der Waals surface area contributed by atoms with Crippen LogP contribution in [0.15, 0.2) is 48.2 Å². The standard InChI is InChI=1S/C24H24Cl2N4O3/c1-14-20(29-11-5-4-7-18(29)27-14)22(31)19-21(15-8-9-16(25)17(26)13-15)30(24(33)23(19)32)12-6-10-28(2)3/h4-5,7-9,11,13,21,31H,6,10,12H2,1-3H3/b22-19+. The molecule has 7 nitrogen and oxygen atoms in total. The molecule has 0 bridgehead atoms. The quantitative estimate of drug-likeness (QED) is 0.318. The van der Waals surface area contributed by atoms with Gasteiger partial charge in [-0.2, -0.15) is 0 Å². The molecule has 1 unspecified atom stereocenters. The number of imidazole rings is 1. The zero-order valence-electron chi connectivity index (χ0n) is 18.5. The minimum absolute atomic E-state index is 0.0111. The Bertz CT molecular complexity index is 1280. The Morgan fingerprint density at radius 1 is 1.15 bits per heavy atom. The zero-order valence-corrected chi connectivity index (χ0v) is 20.1. The highest BCUT2D eigenvalue weighted by Gasteiger charge is 2.46. The number of Topliss-reactive ketones (excluding diaryl/α,β-unsaturated/α-hetero) is 1. The molecule has 9 heteroatoms. The second-order valence-electron chi connectivity index (χ2n) is 8.30. The number of fused-ring (bicyclic) bond motifs is 1. The molecule has 1 fully saturated rings. The maximum atomic E-state index is 13.2. The number of carbonyl (C=O) groups is 2. The summed E-state index contributed by atoms with van der Waals surface area (Å²) in [6.45, 7) is 2.84. The van der Waals surface area contributed by atoms with Crippen molar-refractivity contribution in [3.05, 3.63) is 75.2 Å². The number of halogens is 2. The molecule has 33 heavy (non-hydrogen) atoms. The van der Waals surface area contributed by atoms with Crippen molar-refractivity contribution in [2.75, 3.05) is 27.2 Å². The average molecular weight is 487 g/mol. The Morgan fingerprint density at radius 3 is 2.61 bits per heavy atom. The summed E-state index contributed by atoms with van der Waals surface area (Å²) >= 11 is 12.4. The third kappa shape index (κ3) is 4.24. The fraction of sp³-hybridized carbons (Fsp3) is 0.292. The summed E-state index contributed by atoms with van der Waals surface area (Å²) in [5, 5.41) is 12.1. The largest absolute Gasteiger partial charge is 0.505 e. The fourth-order valence-electron chi connectivity index (χ4n) is 4.22. The molecule has 0 spiro atoms. The van der Waals surface area contributed by atoms with Crippen molar-refractivity contribution in [2.45, 2.75) is 19.4 Å². The molecule has 0 radical (unpaired) electrons. The third-order valence-corrected chi connectivity index (χ3v) is 6.47. The molecule has 0 saturated carbocycles. The average Bonchev–Trinajstić information content (AvgIpc) is 3.23. The predicted octanol–water partition coefficient (Wildman–Crippen LogP) is 4.32. The Hall–Kier alpha value is -2.87. The second kappa shape index (κ2) is 9.17. The highest BCUT2D eigenvalue weighted by molar-refractivity contribution is 6.46. The molecule has 3 aromatic rings. The number of nitrogens with zero attached hydrogens (tertiary/aromatic N) is 4. The van der Waals surface area contributed by atoms with Gasteiger partial charge in [0, 0.05) is 12.7 Å². The van der Waals surface area contributed by atoms with Crippen molar-refractivity contribution in [2.24, 2.45) is 0 Å². The summed E-state index contributed by atoms with van der Waals surface area (Å²) in [6.07, 6.45) is 2.41. The van der Waals surface area contributed by atoms with Gasteiger partial charge in [-0.3, -0.25) is 14.0 Å². The molecule has 1 aromatic carbocycles. The minimum Gasteiger partial charge on any atom is -0.505 e. The van der Waals surface area contributed by atoms with Crippen LogP contribution in [-0.2, 0) is 9.59 Å². The Kier molecular flexibility index (Phi) is 6.47. The van der Waals surface area contributed by atoms with Gasteiger partial charge in [0.15, 0.2) is 5.76 Å². The van der Waals surface area contributed by atoms with E-state index in [0.29, 0.717) is 45.6 Å². The molecular formula is C24H24Cl2N4O3. The molecular weight excluding hydrogens is 463 g/mol. The Balaban J connectivity index is 1.90. The number of benzene rings is 1. The van der Waals surface area contributed by atoms with Gasteiger partial charge in [0.1, 0.15) is 11.3 Å². The lowest BCUT2D eigenvalue weighted by Gasteiger charge is -2.26. The molecule has 1 amide bonds. The van der Waals surface area contributed by atoms with Gasteiger partial charge < -0.3 is 14.9 Å². The number of amides is 1. The van der Waals surface area contributed by atoms with Gasteiger partial charge >= 0.3 is 0 Å². The number of rotatable bonds is 6. The van der Waals surface area contributed by atoms with Crippen LogP contribution in [0.3, 0.4) is 0 Å². The van der Waals surface area contributed by atoms with E-state index in [1.165, 1.54) is 4.90 Å². The van der Waals surface area contributed by atoms with Crippen LogP contribution in [0.1, 0.15) is 29.4 Å². The molecule has 1 aliphatic rings. The summed E-state index contributed by atoms with van der Waals surface area (Å²) in [4.78, 5) is 34.3. The van der Waals surface area contributed by atoms with Crippen LogP contribution in [0.25, 0.3) is 11.4 Å². The normalized spacial score (nSPS) is 18.1. The first-order valence-electron chi connectivity index (χ1n) is 10.5. The summed E-state index contributed by atoms with van der Waals surface area (Å²) in [5.74, 6) is -1.66. The van der Waals surface area contributed by atoms with E-state index in [2.05, 4.69) is 4.98 Å². The summed E-state index contributed by atoms with van der Waals surface area (Å²) in [6, 6.07) is 9.63. The lowest BCUT2D eigenvalue weighted by atomic mass is 9.96. The Labute approximate surface area is 201 Å². The molecule has 172 valence electrons. The number of aliphatic hydroxyl groups is 1. The minimum atomic E-state index is -0.796. The van der Waals surface area contributed by atoms with Crippen LogP contribution < -0.4 is 0 Å². The van der Waals surface area contributed by atoms with Crippen molar-refractivity contribution in [3.63, 3.8) is 0 Å².